The van der Waals surface area contributed by atoms with Crippen LogP contribution in [-0.2, 0) is 19.3 Å². The molecule has 0 aliphatic heterocycles. The molecule has 264 valence electrons. The number of benzene rings is 6. The summed E-state index contributed by atoms with van der Waals surface area (Å²) in [4.78, 5) is 0. The van der Waals surface area contributed by atoms with Gasteiger partial charge >= 0.3 is 0 Å². The van der Waals surface area contributed by atoms with Gasteiger partial charge in [-0.2, -0.15) is 0 Å². The Balaban J connectivity index is 0.000000172. The maximum Gasteiger partial charge on any atom is 0.0346 e. The van der Waals surface area contributed by atoms with Gasteiger partial charge in [-0.3, -0.25) is 0 Å². The molecule has 6 aromatic carbocycles. The van der Waals surface area contributed by atoms with Crippen LogP contribution < -0.4 is 34.4 Å². The van der Waals surface area contributed by atoms with Gasteiger partial charge in [0.1, 0.15) is 0 Å². The highest BCUT2D eigenvalue weighted by atomic mass is 14.6. The average Bonchev–Trinajstić information content (AvgIpc) is 3.08. The largest absolute Gasteiger partial charge is 0.399 e. The fraction of sp³-hybridized carbons (Fsp3) is 0.200. The summed E-state index contributed by atoms with van der Waals surface area (Å²) in [5.74, 6) is 0. The molecule has 0 bridgehead atoms. The van der Waals surface area contributed by atoms with E-state index in [1.54, 1.807) is 0 Å². The fourth-order valence-electron chi connectivity index (χ4n) is 5.70. The van der Waals surface area contributed by atoms with Crippen molar-refractivity contribution in [3.63, 3.8) is 0 Å². The molecule has 6 aromatic rings. The Morgan fingerprint density at radius 3 is 0.686 bits per heavy atom. The third-order valence-electron chi connectivity index (χ3n) is 9.25. The quantitative estimate of drug-likeness (QED) is 0.0965. The zero-order valence-corrected chi connectivity index (χ0v) is 31.0. The summed E-state index contributed by atoms with van der Waals surface area (Å²) in [7, 11) is 0. The Morgan fingerprint density at radius 1 is 0.255 bits per heavy atom. The molecule has 6 rings (SSSR count). The molecule has 0 fully saturated rings. The van der Waals surface area contributed by atoms with E-state index < -0.39 is 0 Å². The second-order valence-electron chi connectivity index (χ2n) is 13.7. The summed E-state index contributed by atoms with van der Waals surface area (Å²) < 4.78 is 0. The molecule has 0 aliphatic carbocycles. The Labute approximate surface area is 304 Å². The first-order valence-corrected chi connectivity index (χ1v) is 17.3. The predicted molar refractivity (Wildman–Crippen MR) is 222 cm³/mol. The predicted octanol–water partition coefficient (Wildman–Crippen LogP) is 9.18. The van der Waals surface area contributed by atoms with E-state index in [4.69, 9.17) is 34.4 Å². The summed E-state index contributed by atoms with van der Waals surface area (Å²) in [6, 6.07) is 37.1. The normalized spacial score (nSPS) is 10.5. The molecule has 0 unspecified atom stereocenters. The van der Waals surface area contributed by atoms with Crippen molar-refractivity contribution in [2.24, 2.45) is 0 Å². The molecule has 12 N–H and O–H groups in total. The van der Waals surface area contributed by atoms with E-state index in [2.05, 4.69) is 72.8 Å². The molecule has 0 saturated heterocycles. The molecule has 0 radical (unpaired) electrons. The van der Waals surface area contributed by atoms with E-state index in [1.165, 1.54) is 33.4 Å². The van der Waals surface area contributed by atoms with Gasteiger partial charge in [-0.1, -0.05) is 72.8 Å². The van der Waals surface area contributed by atoms with Crippen LogP contribution in [0.25, 0.3) is 0 Å². The van der Waals surface area contributed by atoms with Crippen LogP contribution in [0.3, 0.4) is 0 Å². The molecule has 0 spiro atoms. The van der Waals surface area contributed by atoms with Gasteiger partial charge in [-0.15, -0.1) is 0 Å². The Kier molecular flexibility index (Phi) is 12.8. The molecule has 0 atom stereocenters. The summed E-state index contributed by atoms with van der Waals surface area (Å²) >= 11 is 0. The van der Waals surface area contributed by atoms with Crippen molar-refractivity contribution in [1.29, 1.82) is 0 Å². The van der Waals surface area contributed by atoms with Gasteiger partial charge in [0.15, 0.2) is 0 Å². The first-order valence-electron chi connectivity index (χ1n) is 17.3. The van der Waals surface area contributed by atoms with Gasteiger partial charge in [0.2, 0.25) is 0 Å². The summed E-state index contributed by atoms with van der Waals surface area (Å²) in [6.45, 7) is 12.2. The number of nitrogens with two attached hydrogens (primary N) is 6. The summed E-state index contributed by atoms with van der Waals surface area (Å²) in [6.07, 6.45) is 2.71. The highest BCUT2D eigenvalue weighted by Gasteiger charge is 2.04. The number of nitrogen functional groups attached to an aromatic ring is 6. The first-order chi connectivity index (χ1) is 24.2. The minimum Gasteiger partial charge on any atom is -0.399 e. The van der Waals surface area contributed by atoms with Crippen molar-refractivity contribution in [1.82, 2.24) is 0 Å². The SMILES string of the molecule is Cc1cc(Cc2ccc(C)c(N)c2)ccc1N.Cc1cc(Cc2ccc(C)c(N)c2)ccc1N.Cc1cc(Cc2ccc(N)c(C)c2)ccc1N. The minimum atomic E-state index is 0.845. The first kappa shape index (κ1) is 37.9. The van der Waals surface area contributed by atoms with E-state index in [0.29, 0.717) is 0 Å². The van der Waals surface area contributed by atoms with E-state index in [9.17, 15) is 0 Å². The number of anilines is 6. The number of hydrogen-bond donors (Lipinski definition) is 6. The topological polar surface area (TPSA) is 156 Å². The second kappa shape index (κ2) is 17.2. The van der Waals surface area contributed by atoms with Crippen LogP contribution in [0.5, 0.6) is 0 Å². The molecular formula is C45H54N6. The van der Waals surface area contributed by atoms with Gasteiger partial charge in [0.05, 0.1) is 0 Å². The number of hydrogen-bond acceptors (Lipinski definition) is 6. The van der Waals surface area contributed by atoms with Gasteiger partial charge in [0, 0.05) is 34.1 Å². The van der Waals surface area contributed by atoms with Crippen molar-refractivity contribution >= 4 is 34.1 Å². The van der Waals surface area contributed by atoms with Crippen LogP contribution in [0.2, 0.25) is 0 Å². The Hall–Kier alpha value is -5.88. The molecule has 0 amide bonds. The van der Waals surface area contributed by atoms with Gasteiger partial charge in [0.25, 0.3) is 0 Å². The smallest absolute Gasteiger partial charge is 0.0346 e. The lowest BCUT2D eigenvalue weighted by molar-refractivity contribution is 1.17. The van der Waals surface area contributed by atoms with Crippen molar-refractivity contribution in [3.8, 4) is 0 Å². The van der Waals surface area contributed by atoms with E-state index in [-0.39, 0.29) is 0 Å². The zero-order chi connectivity index (χ0) is 37.2. The summed E-state index contributed by atoms with van der Waals surface area (Å²) in [5, 5.41) is 0. The maximum absolute atomic E-state index is 5.91. The Bertz CT molecular complexity index is 1730. The molecule has 0 saturated carbocycles. The molecule has 0 heterocycles. The minimum absolute atomic E-state index is 0.845. The third kappa shape index (κ3) is 11.1. The highest BCUT2D eigenvalue weighted by molar-refractivity contribution is 5.54. The molecular weight excluding hydrogens is 625 g/mol. The monoisotopic (exact) mass is 678 g/mol. The second-order valence-corrected chi connectivity index (χ2v) is 13.7. The van der Waals surface area contributed by atoms with Crippen LogP contribution in [0.15, 0.2) is 109 Å². The standard InChI is InChI=1S/3C15H18N2/c1-10-7-12(3-5-14(10)16)9-13-4-6-15(17)11(2)8-13;2*1-10-3-4-13(9-15(10)17)8-12-5-6-14(16)11(2)7-12/h3-8H,9,16-17H2,1-2H3;2*3-7,9H,8,16-17H2,1-2H3. The van der Waals surface area contributed by atoms with Crippen LogP contribution in [0.1, 0.15) is 66.8 Å². The zero-order valence-electron chi connectivity index (χ0n) is 31.0. The van der Waals surface area contributed by atoms with E-state index in [1.807, 2.05) is 77.9 Å². The van der Waals surface area contributed by atoms with Crippen LogP contribution >= 0.6 is 0 Å². The van der Waals surface area contributed by atoms with Crippen LogP contribution in [0.4, 0.5) is 34.1 Å². The molecule has 51 heavy (non-hydrogen) atoms. The van der Waals surface area contributed by atoms with Crippen molar-refractivity contribution in [2.75, 3.05) is 34.4 Å². The van der Waals surface area contributed by atoms with Gasteiger partial charge in [-0.05, 0) is 164 Å². The molecule has 6 heteroatoms. The lowest BCUT2D eigenvalue weighted by atomic mass is 10.0. The van der Waals surface area contributed by atoms with Gasteiger partial charge in [-0.25, -0.2) is 0 Å². The third-order valence-corrected chi connectivity index (χ3v) is 9.25. The Morgan fingerprint density at radius 2 is 0.471 bits per heavy atom. The van der Waals surface area contributed by atoms with Gasteiger partial charge < -0.3 is 34.4 Å². The average molecular weight is 679 g/mol. The fourth-order valence-corrected chi connectivity index (χ4v) is 5.70. The van der Waals surface area contributed by atoms with Crippen molar-refractivity contribution in [2.45, 2.75) is 60.8 Å². The van der Waals surface area contributed by atoms with Crippen molar-refractivity contribution in [3.05, 3.63) is 176 Å². The number of aryl methyl sites for hydroxylation is 6. The maximum atomic E-state index is 5.91. The lowest BCUT2D eigenvalue weighted by Crippen LogP contribution is -1.95. The van der Waals surface area contributed by atoms with Crippen LogP contribution in [-0.4, -0.2) is 0 Å². The molecule has 0 aliphatic rings. The molecule has 6 nitrogen and oxygen atoms in total. The van der Waals surface area contributed by atoms with E-state index >= 15 is 0 Å². The van der Waals surface area contributed by atoms with E-state index in [0.717, 1.165) is 86.8 Å². The molecule has 0 aromatic heterocycles. The lowest BCUT2D eigenvalue weighted by Gasteiger charge is -2.07. The summed E-state index contributed by atoms with van der Waals surface area (Å²) in [5.41, 5.74) is 54.5. The van der Waals surface area contributed by atoms with Crippen molar-refractivity contribution < 1.29 is 0 Å². The van der Waals surface area contributed by atoms with Crippen LogP contribution in [0, 0.1) is 41.5 Å². The number of rotatable bonds is 6. The highest BCUT2D eigenvalue weighted by Crippen LogP contribution is 2.22.